The van der Waals surface area contributed by atoms with Gasteiger partial charge >= 0.3 is 0 Å². The molecule has 1 aromatic rings. The molecule has 0 amide bonds. The molecular weight excluding hydrogens is 197 g/mol. The summed E-state index contributed by atoms with van der Waals surface area (Å²) >= 11 is 0. The van der Waals surface area contributed by atoms with Gasteiger partial charge in [0.05, 0.1) is 13.2 Å². The number of halogens is 1. The van der Waals surface area contributed by atoms with E-state index in [1.807, 2.05) is 0 Å². The molecular formula is C11H12FNO2. The molecule has 0 fully saturated rings. The first kappa shape index (κ1) is 11.3. The largest absolute Gasteiger partial charge is 0.497 e. The number of benzene rings is 1. The molecule has 0 atom stereocenters. The molecule has 1 rings (SSSR count). The molecule has 15 heavy (non-hydrogen) atoms. The van der Waals surface area contributed by atoms with Crippen LogP contribution in [0.4, 0.5) is 4.39 Å². The van der Waals surface area contributed by atoms with Crippen LogP contribution < -0.4 is 9.47 Å². The van der Waals surface area contributed by atoms with E-state index in [1.54, 1.807) is 19.9 Å². The van der Waals surface area contributed by atoms with Crippen LogP contribution in [-0.4, -0.2) is 13.2 Å². The van der Waals surface area contributed by atoms with Crippen LogP contribution in [-0.2, 0) is 0 Å². The molecule has 0 unspecified atom stereocenters. The Bertz CT molecular complexity index is 396. The summed E-state index contributed by atoms with van der Waals surface area (Å²) in [4.78, 5) is 0. The van der Waals surface area contributed by atoms with Crippen molar-refractivity contribution in [2.24, 2.45) is 0 Å². The minimum atomic E-state index is -0.632. The maximum Gasteiger partial charge on any atom is 0.148 e. The smallest absolute Gasteiger partial charge is 0.148 e. The average molecular weight is 209 g/mol. The molecule has 0 spiro atoms. The Morgan fingerprint density at radius 3 is 2.53 bits per heavy atom. The Morgan fingerprint density at radius 1 is 1.40 bits per heavy atom. The molecule has 0 saturated carbocycles. The minimum Gasteiger partial charge on any atom is -0.497 e. The summed E-state index contributed by atoms with van der Waals surface area (Å²) in [6, 6.07) is 4.43. The molecule has 0 aliphatic heterocycles. The topological polar surface area (TPSA) is 42.2 Å². The first-order chi connectivity index (χ1) is 7.08. The SMILES string of the molecule is COc1cc(F)c(C#N)c(OC(C)C)c1. The van der Waals surface area contributed by atoms with E-state index >= 15 is 0 Å². The molecule has 0 N–H and O–H groups in total. The summed E-state index contributed by atoms with van der Waals surface area (Å²) in [5.41, 5.74) is -0.0931. The molecule has 4 heteroatoms. The molecule has 0 heterocycles. The van der Waals surface area contributed by atoms with Crippen molar-refractivity contribution in [1.82, 2.24) is 0 Å². The second-order valence-corrected chi connectivity index (χ2v) is 3.26. The standard InChI is InChI=1S/C11H12FNO2/c1-7(2)15-11-5-8(14-3)4-10(12)9(11)6-13/h4-5,7H,1-3H3. The van der Waals surface area contributed by atoms with E-state index in [4.69, 9.17) is 14.7 Å². The fourth-order valence-corrected chi connectivity index (χ4v) is 1.13. The van der Waals surface area contributed by atoms with E-state index in [9.17, 15) is 4.39 Å². The lowest BCUT2D eigenvalue weighted by atomic mass is 10.2. The molecule has 0 bridgehead atoms. The first-order valence-corrected chi connectivity index (χ1v) is 4.52. The molecule has 80 valence electrons. The van der Waals surface area contributed by atoms with E-state index in [0.717, 1.165) is 6.07 Å². The van der Waals surface area contributed by atoms with Gasteiger partial charge in [-0.15, -0.1) is 0 Å². The van der Waals surface area contributed by atoms with Crippen LogP contribution in [0.3, 0.4) is 0 Å². The van der Waals surface area contributed by atoms with Gasteiger partial charge < -0.3 is 9.47 Å². The molecule has 0 saturated heterocycles. The van der Waals surface area contributed by atoms with E-state index in [2.05, 4.69) is 0 Å². The highest BCUT2D eigenvalue weighted by molar-refractivity contribution is 5.48. The predicted molar refractivity (Wildman–Crippen MR) is 53.4 cm³/mol. The Kier molecular flexibility index (Phi) is 3.51. The van der Waals surface area contributed by atoms with Gasteiger partial charge in [-0.05, 0) is 13.8 Å². The first-order valence-electron chi connectivity index (χ1n) is 4.52. The van der Waals surface area contributed by atoms with E-state index in [0.29, 0.717) is 5.75 Å². The molecule has 0 aliphatic rings. The summed E-state index contributed by atoms with van der Waals surface area (Å²) in [7, 11) is 1.43. The zero-order chi connectivity index (χ0) is 11.4. The van der Waals surface area contributed by atoms with Gasteiger partial charge in [0.15, 0.2) is 0 Å². The number of nitriles is 1. The third-order valence-corrected chi connectivity index (χ3v) is 1.74. The van der Waals surface area contributed by atoms with Crippen molar-refractivity contribution in [2.75, 3.05) is 7.11 Å². The number of nitrogens with zero attached hydrogens (tertiary/aromatic N) is 1. The zero-order valence-electron chi connectivity index (χ0n) is 8.87. The molecule has 0 aromatic heterocycles. The Balaban J connectivity index is 3.21. The highest BCUT2D eigenvalue weighted by atomic mass is 19.1. The van der Waals surface area contributed by atoms with Crippen molar-refractivity contribution in [3.05, 3.63) is 23.5 Å². The summed E-state index contributed by atoms with van der Waals surface area (Å²) in [6.07, 6.45) is -0.122. The van der Waals surface area contributed by atoms with Gasteiger partial charge in [-0.2, -0.15) is 5.26 Å². The van der Waals surface area contributed by atoms with Gasteiger partial charge in [0, 0.05) is 12.1 Å². The van der Waals surface area contributed by atoms with Crippen LogP contribution in [0.15, 0.2) is 12.1 Å². The summed E-state index contributed by atoms with van der Waals surface area (Å²) < 4.78 is 23.6. The normalized spacial score (nSPS) is 9.87. The Hall–Kier alpha value is -1.76. The van der Waals surface area contributed by atoms with Crippen LogP contribution in [0.5, 0.6) is 11.5 Å². The van der Waals surface area contributed by atoms with Crippen molar-refractivity contribution in [1.29, 1.82) is 5.26 Å². The van der Waals surface area contributed by atoms with Gasteiger partial charge in [-0.3, -0.25) is 0 Å². The van der Waals surface area contributed by atoms with Crippen LogP contribution in [0.25, 0.3) is 0 Å². The van der Waals surface area contributed by atoms with Crippen LogP contribution in [0.2, 0.25) is 0 Å². The number of ether oxygens (including phenoxy) is 2. The average Bonchev–Trinajstić information content (AvgIpc) is 2.16. The van der Waals surface area contributed by atoms with Gasteiger partial charge in [0.2, 0.25) is 0 Å². The quantitative estimate of drug-likeness (QED) is 0.768. The third kappa shape index (κ3) is 2.59. The number of hydrogen-bond acceptors (Lipinski definition) is 3. The highest BCUT2D eigenvalue weighted by Crippen LogP contribution is 2.27. The van der Waals surface area contributed by atoms with Crippen molar-refractivity contribution in [3.8, 4) is 17.6 Å². The molecule has 1 aromatic carbocycles. The van der Waals surface area contributed by atoms with Crippen molar-refractivity contribution >= 4 is 0 Å². The summed E-state index contributed by atoms with van der Waals surface area (Å²) in [5.74, 6) is -0.0843. The molecule has 0 aliphatic carbocycles. The Morgan fingerprint density at radius 2 is 2.07 bits per heavy atom. The van der Waals surface area contributed by atoms with Gasteiger partial charge in [0.1, 0.15) is 28.9 Å². The summed E-state index contributed by atoms with van der Waals surface area (Å²) in [6.45, 7) is 3.61. The maximum atomic E-state index is 13.4. The summed E-state index contributed by atoms with van der Waals surface area (Å²) in [5, 5.41) is 8.76. The van der Waals surface area contributed by atoms with E-state index in [-0.39, 0.29) is 17.4 Å². The molecule has 3 nitrogen and oxygen atoms in total. The second kappa shape index (κ2) is 4.65. The monoisotopic (exact) mass is 209 g/mol. The molecule has 0 radical (unpaired) electrons. The second-order valence-electron chi connectivity index (χ2n) is 3.26. The van der Waals surface area contributed by atoms with Gasteiger partial charge in [-0.25, -0.2) is 4.39 Å². The van der Waals surface area contributed by atoms with Crippen LogP contribution in [0, 0.1) is 17.1 Å². The van der Waals surface area contributed by atoms with Crippen LogP contribution in [0.1, 0.15) is 19.4 Å². The maximum absolute atomic E-state index is 13.4. The Labute approximate surface area is 88.0 Å². The van der Waals surface area contributed by atoms with Gasteiger partial charge in [0.25, 0.3) is 0 Å². The number of rotatable bonds is 3. The van der Waals surface area contributed by atoms with Crippen molar-refractivity contribution < 1.29 is 13.9 Å². The zero-order valence-corrected chi connectivity index (χ0v) is 8.87. The lowest BCUT2D eigenvalue weighted by molar-refractivity contribution is 0.239. The minimum absolute atomic E-state index is 0.0931. The van der Waals surface area contributed by atoms with Crippen molar-refractivity contribution in [2.45, 2.75) is 20.0 Å². The van der Waals surface area contributed by atoms with E-state index in [1.165, 1.54) is 13.2 Å². The predicted octanol–water partition coefficient (Wildman–Crippen LogP) is 2.49. The van der Waals surface area contributed by atoms with Gasteiger partial charge in [-0.1, -0.05) is 0 Å². The fourth-order valence-electron chi connectivity index (χ4n) is 1.13. The third-order valence-electron chi connectivity index (χ3n) is 1.74. The number of hydrogen-bond donors (Lipinski definition) is 0. The van der Waals surface area contributed by atoms with Crippen LogP contribution >= 0.6 is 0 Å². The fraction of sp³-hybridized carbons (Fsp3) is 0.364. The highest BCUT2D eigenvalue weighted by Gasteiger charge is 2.13. The lowest BCUT2D eigenvalue weighted by Crippen LogP contribution is -2.07. The lowest BCUT2D eigenvalue weighted by Gasteiger charge is -2.12. The van der Waals surface area contributed by atoms with E-state index < -0.39 is 5.82 Å². The number of methoxy groups -OCH3 is 1. The van der Waals surface area contributed by atoms with Crippen molar-refractivity contribution in [3.63, 3.8) is 0 Å².